The lowest BCUT2D eigenvalue weighted by Crippen LogP contribution is -2.41. The van der Waals surface area contributed by atoms with E-state index in [0.29, 0.717) is 28.9 Å². The summed E-state index contributed by atoms with van der Waals surface area (Å²) >= 11 is 11.8. The number of amides is 1. The summed E-state index contributed by atoms with van der Waals surface area (Å²) in [6, 6.07) is 8.82. The normalized spacial score (nSPS) is 17.9. The highest BCUT2D eigenvalue weighted by Gasteiger charge is 2.18. The van der Waals surface area contributed by atoms with Crippen LogP contribution in [0.15, 0.2) is 36.5 Å². The van der Waals surface area contributed by atoms with Crippen molar-refractivity contribution in [3.05, 3.63) is 52.1 Å². The summed E-state index contributed by atoms with van der Waals surface area (Å²) in [7, 11) is 0. The second-order valence-corrected chi connectivity index (χ2v) is 7.52. The molecule has 1 aliphatic heterocycles. The van der Waals surface area contributed by atoms with Crippen LogP contribution in [0.4, 0.5) is 5.82 Å². The van der Waals surface area contributed by atoms with E-state index in [2.05, 4.69) is 22.1 Å². The quantitative estimate of drug-likeness (QED) is 0.767. The Kier molecular flexibility index (Phi) is 6.99. The van der Waals surface area contributed by atoms with Gasteiger partial charge in [-0.15, -0.1) is 0 Å². The van der Waals surface area contributed by atoms with Crippen LogP contribution in [-0.2, 0) is 16.1 Å². The number of rotatable bonds is 6. The molecule has 28 heavy (non-hydrogen) atoms. The zero-order chi connectivity index (χ0) is 20.1. The van der Waals surface area contributed by atoms with Gasteiger partial charge in [0.2, 0.25) is 0 Å². The van der Waals surface area contributed by atoms with Gasteiger partial charge in [0.25, 0.3) is 5.91 Å². The van der Waals surface area contributed by atoms with Gasteiger partial charge >= 0.3 is 0 Å². The van der Waals surface area contributed by atoms with E-state index in [0.717, 1.165) is 24.5 Å². The molecular formula is C20H23Cl2N3O3. The topological polar surface area (TPSA) is 63.7 Å². The third-order valence-electron chi connectivity index (χ3n) is 4.41. The van der Waals surface area contributed by atoms with Crippen molar-refractivity contribution in [1.29, 1.82) is 0 Å². The Balaban J connectivity index is 1.50. The maximum absolute atomic E-state index is 12.3. The average Bonchev–Trinajstić information content (AvgIpc) is 2.69. The fourth-order valence-electron chi connectivity index (χ4n) is 2.88. The zero-order valence-electron chi connectivity index (χ0n) is 15.8. The molecule has 8 heteroatoms. The predicted octanol–water partition coefficient (Wildman–Crippen LogP) is 3.70. The van der Waals surface area contributed by atoms with Gasteiger partial charge in [-0.1, -0.05) is 29.3 Å². The van der Waals surface area contributed by atoms with Gasteiger partial charge in [0.05, 0.1) is 22.8 Å². The summed E-state index contributed by atoms with van der Waals surface area (Å²) in [4.78, 5) is 19.0. The van der Waals surface area contributed by atoms with Crippen LogP contribution >= 0.6 is 23.2 Å². The molecule has 2 atom stereocenters. The number of anilines is 1. The van der Waals surface area contributed by atoms with Gasteiger partial charge in [0, 0.05) is 31.9 Å². The van der Waals surface area contributed by atoms with E-state index < -0.39 is 6.10 Å². The molecule has 1 aliphatic rings. The third-order valence-corrected chi connectivity index (χ3v) is 5.15. The van der Waals surface area contributed by atoms with E-state index in [1.54, 1.807) is 31.3 Å². The molecule has 0 spiro atoms. The Morgan fingerprint density at radius 2 is 2.18 bits per heavy atom. The van der Waals surface area contributed by atoms with Gasteiger partial charge in [-0.3, -0.25) is 4.79 Å². The molecule has 1 aromatic carbocycles. The number of halogens is 2. The van der Waals surface area contributed by atoms with E-state index >= 15 is 0 Å². The first-order chi connectivity index (χ1) is 13.4. The van der Waals surface area contributed by atoms with E-state index in [-0.39, 0.29) is 12.0 Å². The number of carbonyl (C=O) groups excluding carboxylic acids is 1. The lowest BCUT2D eigenvalue weighted by molar-refractivity contribution is -0.127. The summed E-state index contributed by atoms with van der Waals surface area (Å²) in [6.07, 6.45) is 1.31. The van der Waals surface area contributed by atoms with E-state index in [1.165, 1.54) is 0 Å². The maximum Gasteiger partial charge on any atom is 0.261 e. The first kappa shape index (κ1) is 20.7. The Morgan fingerprint density at radius 1 is 1.36 bits per heavy atom. The highest BCUT2D eigenvalue weighted by atomic mass is 35.5. The highest BCUT2D eigenvalue weighted by Crippen LogP contribution is 2.26. The van der Waals surface area contributed by atoms with Gasteiger partial charge in [0.15, 0.2) is 6.10 Å². The second kappa shape index (κ2) is 9.45. The SMILES string of the molecule is CC1CN(c2ccc(CNC(=O)C(C)Oc3ccc(Cl)c(Cl)c3)cn2)CCO1. The second-order valence-electron chi connectivity index (χ2n) is 6.71. The summed E-state index contributed by atoms with van der Waals surface area (Å²) in [6.45, 7) is 6.47. The molecule has 1 N–H and O–H groups in total. The van der Waals surface area contributed by atoms with Crippen molar-refractivity contribution in [2.75, 3.05) is 24.6 Å². The molecule has 6 nitrogen and oxygen atoms in total. The first-order valence-corrected chi connectivity index (χ1v) is 9.89. The molecule has 3 rings (SSSR count). The van der Waals surface area contributed by atoms with Crippen LogP contribution in [0.25, 0.3) is 0 Å². The van der Waals surface area contributed by atoms with Crippen molar-refractivity contribution in [2.24, 2.45) is 0 Å². The molecule has 1 fully saturated rings. The Hall–Kier alpha value is -2.02. The molecule has 2 aromatic rings. The molecule has 0 radical (unpaired) electrons. The number of nitrogens with zero attached hydrogens (tertiary/aromatic N) is 2. The maximum atomic E-state index is 12.3. The summed E-state index contributed by atoms with van der Waals surface area (Å²) in [5, 5.41) is 3.67. The van der Waals surface area contributed by atoms with Crippen molar-refractivity contribution < 1.29 is 14.3 Å². The van der Waals surface area contributed by atoms with Crippen molar-refractivity contribution >= 4 is 34.9 Å². The van der Waals surface area contributed by atoms with Gasteiger partial charge in [-0.25, -0.2) is 4.98 Å². The van der Waals surface area contributed by atoms with Gasteiger partial charge in [-0.2, -0.15) is 0 Å². The first-order valence-electron chi connectivity index (χ1n) is 9.13. The van der Waals surface area contributed by atoms with Crippen LogP contribution in [0.1, 0.15) is 19.4 Å². The van der Waals surface area contributed by atoms with E-state index in [1.807, 2.05) is 12.1 Å². The monoisotopic (exact) mass is 423 g/mol. The molecule has 150 valence electrons. The van der Waals surface area contributed by atoms with Crippen LogP contribution in [-0.4, -0.2) is 42.8 Å². The minimum absolute atomic E-state index is 0.200. The largest absolute Gasteiger partial charge is 0.481 e. The average molecular weight is 424 g/mol. The smallest absolute Gasteiger partial charge is 0.261 e. The Labute approximate surface area is 174 Å². The van der Waals surface area contributed by atoms with Crippen molar-refractivity contribution in [3.8, 4) is 5.75 Å². The van der Waals surface area contributed by atoms with Gasteiger partial charge in [-0.05, 0) is 37.6 Å². The van der Waals surface area contributed by atoms with Crippen molar-refractivity contribution in [1.82, 2.24) is 10.3 Å². The third kappa shape index (κ3) is 5.50. The highest BCUT2D eigenvalue weighted by molar-refractivity contribution is 6.42. The van der Waals surface area contributed by atoms with Crippen LogP contribution in [0.5, 0.6) is 5.75 Å². The fraction of sp³-hybridized carbons (Fsp3) is 0.400. The zero-order valence-corrected chi connectivity index (χ0v) is 17.3. The summed E-state index contributed by atoms with van der Waals surface area (Å²) in [5.74, 6) is 1.18. The Morgan fingerprint density at radius 3 is 2.86 bits per heavy atom. The number of pyridine rings is 1. The van der Waals surface area contributed by atoms with Crippen LogP contribution in [0.2, 0.25) is 10.0 Å². The number of aromatic nitrogens is 1. The van der Waals surface area contributed by atoms with Crippen LogP contribution < -0.4 is 15.0 Å². The molecule has 1 saturated heterocycles. The van der Waals surface area contributed by atoms with Crippen LogP contribution in [0.3, 0.4) is 0 Å². The van der Waals surface area contributed by atoms with Gasteiger partial charge < -0.3 is 19.7 Å². The number of nitrogens with one attached hydrogen (secondary N) is 1. The number of hydrogen-bond acceptors (Lipinski definition) is 5. The predicted molar refractivity (Wildman–Crippen MR) is 110 cm³/mol. The number of ether oxygens (including phenoxy) is 2. The molecule has 2 heterocycles. The summed E-state index contributed by atoms with van der Waals surface area (Å²) < 4.78 is 11.2. The van der Waals surface area contributed by atoms with Gasteiger partial charge in [0.1, 0.15) is 11.6 Å². The van der Waals surface area contributed by atoms with Crippen molar-refractivity contribution in [2.45, 2.75) is 32.6 Å². The number of benzene rings is 1. The van der Waals surface area contributed by atoms with E-state index in [4.69, 9.17) is 32.7 Å². The lowest BCUT2D eigenvalue weighted by atomic mass is 10.2. The number of morpholine rings is 1. The molecule has 1 amide bonds. The molecule has 2 unspecified atom stereocenters. The minimum Gasteiger partial charge on any atom is -0.481 e. The fourth-order valence-corrected chi connectivity index (χ4v) is 3.16. The standard InChI is InChI=1S/C20H23Cl2N3O3/c1-13-12-25(7-8-27-13)19-6-3-15(10-23-19)11-24-20(26)14(2)28-16-4-5-17(21)18(22)9-16/h3-6,9-10,13-14H,7-8,11-12H2,1-2H3,(H,24,26). The molecule has 0 bridgehead atoms. The minimum atomic E-state index is -0.667. The molecular weight excluding hydrogens is 401 g/mol. The van der Waals surface area contributed by atoms with Crippen LogP contribution in [0, 0.1) is 0 Å². The molecule has 0 aliphatic carbocycles. The van der Waals surface area contributed by atoms with E-state index in [9.17, 15) is 4.79 Å². The molecule has 1 aromatic heterocycles. The Bertz CT molecular complexity index is 817. The number of carbonyl (C=O) groups is 1. The number of hydrogen-bond donors (Lipinski definition) is 1. The molecule has 0 saturated carbocycles. The van der Waals surface area contributed by atoms with Crippen molar-refractivity contribution in [3.63, 3.8) is 0 Å². The summed E-state index contributed by atoms with van der Waals surface area (Å²) in [5.41, 5.74) is 0.917. The lowest BCUT2D eigenvalue weighted by Gasteiger charge is -2.32.